The van der Waals surface area contributed by atoms with Gasteiger partial charge >= 0.3 is 24.9 Å². The molecule has 0 rings (SSSR count). The second kappa shape index (κ2) is 6.48. The summed E-state index contributed by atoms with van der Waals surface area (Å²) in [6, 6.07) is 0. The molecule has 0 aromatic heterocycles. The van der Waals surface area contributed by atoms with Crippen LogP contribution in [0.1, 0.15) is 0 Å². The van der Waals surface area contributed by atoms with Crippen LogP contribution >= 0.6 is 23.2 Å². The van der Waals surface area contributed by atoms with E-state index in [1.807, 2.05) is 0 Å². The minimum atomic E-state index is -6.55. The van der Waals surface area contributed by atoms with Gasteiger partial charge in [-0.2, -0.15) is 17.6 Å². The molecule has 0 bridgehead atoms. The van der Waals surface area contributed by atoms with Crippen molar-refractivity contribution in [3.05, 3.63) is 0 Å². The van der Waals surface area contributed by atoms with E-state index in [-0.39, 0.29) is 0 Å². The third kappa shape index (κ3) is 7.04. The maximum absolute atomic E-state index is 12.6. The van der Waals surface area contributed by atoms with Crippen molar-refractivity contribution in [1.82, 2.24) is 0 Å². The van der Waals surface area contributed by atoms with Crippen LogP contribution in [-0.2, 0) is 14.2 Å². The van der Waals surface area contributed by atoms with Crippen molar-refractivity contribution >= 4 is 23.2 Å². The molecule has 15 heteroatoms. The molecule has 0 saturated heterocycles. The number of ether oxygens (including phenoxy) is 3. The zero-order valence-electron chi connectivity index (χ0n) is 8.92. The molecule has 3 nitrogen and oxygen atoms in total. The Morgan fingerprint density at radius 1 is 0.714 bits per heavy atom. The monoisotopic (exact) mass is 382 g/mol. The Bertz CT molecular complexity index is 346. The van der Waals surface area contributed by atoms with Gasteiger partial charge in [-0.05, 0) is 0 Å². The lowest BCUT2D eigenvalue weighted by molar-refractivity contribution is -0.556. The molecular weight excluding hydrogens is 381 g/mol. The third-order valence-corrected chi connectivity index (χ3v) is 1.95. The molecule has 0 heterocycles. The number of alkyl halides is 12. The van der Waals surface area contributed by atoms with Gasteiger partial charge in [-0.25, -0.2) is 13.9 Å². The molecule has 0 radical (unpaired) electrons. The molecule has 0 aliphatic rings. The molecule has 0 amide bonds. The van der Waals surface area contributed by atoms with Crippen molar-refractivity contribution in [2.24, 2.45) is 0 Å². The fraction of sp³-hybridized carbons (Fsp3) is 1.00. The Kier molecular flexibility index (Phi) is 6.41. The van der Waals surface area contributed by atoms with Gasteiger partial charge < -0.3 is 0 Å². The fourth-order valence-electron chi connectivity index (χ4n) is 0.620. The van der Waals surface area contributed by atoms with Gasteiger partial charge in [-0.15, -0.1) is 22.0 Å². The van der Waals surface area contributed by atoms with Gasteiger partial charge in [0, 0.05) is 0 Å². The Morgan fingerprint density at radius 2 is 1.10 bits per heavy atom. The molecule has 0 fully saturated rings. The van der Waals surface area contributed by atoms with Crippen LogP contribution in [0.4, 0.5) is 43.9 Å². The van der Waals surface area contributed by atoms with Crippen LogP contribution in [0.25, 0.3) is 0 Å². The van der Waals surface area contributed by atoms with E-state index in [0.717, 1.165) is 0 Å². The molecule has 0 N–H and O–H groups in total. The first-order valence-electron chi connectivity index (χ1n) is 4.20. The van der Waals surface area contributed by atoms with Crippen molar-refractivity contribution in [3.8, 4) is 0 Å². The van der Waals surface area contributed by atoms with Crippen molar-refractivity contribution in [1.29, 1.82) is 0 Å². The Morgan fingerprint density at radius 3 is 1.43 bits per heavy atom. The number of rotatable bonds is 7. The van der Waals surface area contributed by atoms with Crippen LogP contribution in [0.2, 0.25) is 0 Å². The van der Waals surface area contributed by atoms with Gasteiger partial charge in [-0.3, -0.25) is 4.74 Å². The topological polar surface area (TPSA) is 27.7 Å². The highest BCUT2D eigenvalue weighted by atomic mass is 35.5. The Hall–Kier alpha value is -0.240. The standard InChI is InChI=1S/C6H2Cl2F10O3/c7-1(9)2(8)19-6(17,18)21-4(12,13)3(10,11)20-5(14,15)16/h1-2H. The van der Waals surface area contributed by atoms with E-state index >= 15 is 0 Å². The Labute approximate surface area is 118 Å². The second-order valence-corrected chi connectivity index (χ2v) is 3.80. The van der Waals surface area contributed by atoms with Crippen molar-refractivity contribution in [2.45, 2.75) is 36.1 Å². The predicted molar refractivity (Wildman–Crippen MR) is 44.5 cm³/mol. The van der Waals surface area contributed by atoms with E-state index < -0.39 is 36.1 Å². The summed E-state index contributed by atoms with van der Waals surface area (Å²) >= 11 is 9.08. The molecule has 0 aliphatic carbocycles. The minimum Gasteiger partial charge on any atom is -0.271 e. The first-order valence-corrected chi connectivity index (χ1v) is 5.07. The van der Waals surface area contributed by atoms with Gasteiger partial charge in [0.15, 0.2) is 5.56 Å². The lowest BCUT2D eigenvalue weighted by Crippen LogP contribution is -2.52. The summed E-state index contributed by atoms with van der Waals surface area (Å²) in [5, 5.41) is 0. The number of hydrogen-bond donors (Lipinski definition) is 0. The Balaban J connectivity index is 5.00. The summed E-state index contributed by atoms with van der Waals surface area (Å²) in [5.74, 6) is 0. The molecule has 0 aliphatic heterocycles. The van der Waals surface area contributed by atoms with Gasteiger partial charge in [0.2, 0.25) is 5.63 Å². The lowest BCUT2D eigenvalue weighted by Gasteiger charge is -2.29. The molecule has 2 atom stereocenters. The smallest absolute Gasteiger partial charge is 0.271 e. The predicted octanol–water partition coefficient (Wildman–Crippen LogP) is 4.39. The molecule has 2 unspecified atom stereocenters. The maximum atomic E-state index is 12.6. The van der Waals surface area contributed by atoms with E-state index in [0.29, 0.717) is 0 Å². The normalized spacial score (nSPS) is 17.7. The average molecular weight is 383 g/mol. The van der Waals surface area contributed by atoms with Gasteiger partial charge in [0.25, 0.3) is 0 Å². The van der Waals surface area contributed by atoms with E-state index in [4.69, 9.17) is 0 Å². The second-order valence-electron chi connectivity index (χ2n) is 2.95. The van der Waals surface area contributed by atoms with Crippen LogP contribution in [0.15, 0.2) is 0 Å². The largest absolute Gasteiger partial charge is 0.527 e. The highest BCUT2D eigenvalue weighted by Crippen LogP contribution is 2.44. The number of hydrogen-bond acceptors (Lipinski definition) is 3. The maximum Gasteiger partial charge on any atom is 0.527 e. The summed E-state index contributed by atoms with van der Waals surface area (Å²) < 4.78 is 128. The first kappa shape index (κ1) is 20.8. The molecule has 21 heavy (non-hydrogen) atoms. The van der Waals surface area contributed by atoms with E-state index in [2.05, 4.69) is 32.7 Å². The van der Waals surface area contributed by atoms with Crippen LogP contribution < -0.4 is 0 Å². The first-order chi connectivity index (χ1) is 8.99. The molecule has 0 spiro atoms. The van der Waals surface area contributed by atoms with Crippen molar-refractivity contribution in [2.75, 3.05) is 0 Å². The van der Waals surface area contributed by atoms with Crippen molar-refractivity contribution in [3.63, 3.8) is 0 Å². The van der Waals surface area contributed by atoms with E-state index in [1.54, 1.807) is 4.74 Å². The molecular formula is C6H2Cl2F10O3. The van der Waals surface area contributed by atoms with Crippen molar-refractivity contribution < 1.29 is 58.1 Å². The van der Waals surface area contributed by atoms with Gasteiger partial charge in [-0.1, -0.05) is 23.2 Å². The van der Waals surface area contributed by atoms with Gasteiger partial charge in [0.05, 0.1) is 0 Å². The summed E-state index contributed by atoms with van der Waals surface area (Å²) in [5.41, 5.74) is -5.74. The third-order valence-electron chi connectivity index (χ3n) is 1.28. The van der Waals surface area contributed by atoms with E-state index in [1.165, 1.54) is 0 Å². The quantitative estimate of drug-likeness (QED) is 0.371. The average Bonchev–Trinajstić information content (AvgIpc) is 2.09. The molecule has 0 aromatic rings. The van der Waals surface area contributed by atoms with Crippen LogP contribution in [0.5, 0.6) is 0 Å². The minimum absolute atomic E-state index is 1.66. The summed E-state index contributed by atoms with van der Waals surface area (Å²) in [7, 11) is 0. The summed E-state index contributed by atoms with van der Waals surface area (Å²) in [6.07, 6.45) is -25.1. The fourth-order valence-corrected chi connectivity index (χ4v) is 0.775. The molecule has 0 saturated carbocycles. The zero-order chi connectivity index (χ0) is 17.3. The number of halogens is 12. The van der Waals surface area contributed by atoms with E-state index in [9.17, 15) is 43.9 Å². The highest BCUT2D eigenvalue weighted by Gasteiger charge is 2.68. The lowest BCUT2D eigenvalue weighted by atomic mass is 10.6. The summed E-state index contributed by atoms with van der Waals surface area (Å²) in [6.45, 7) is 0. The summed E-state index contributed by atoms with van der Waals surface area (Å²) in [4.78, 5) is 0. The van der Waals surface area contributed by atoms with Gasteiger partial charge in [0.1, 0.15) is 0 Å². The molecule has 0 aromatic carbocycles. The highest BCUT2D eigenvalue weighted by molar-refractivity contribution is 6.28. The SMILES string of the molecule is FC(Cl)C(Cl)OC(F)(F)OC(F)(F)C(F)(F)OC(F)(F)F. The zero-order valence-corrected chi connectivity index (χ0v) is 10.4. The van der Waals surface area contributed by atoms with Crippen LogP contribution in [0.3, 0.4) is 0 Å². The van der Waals surface area contributed by atoms with Crippen LogP contribution in [-0.4, -0.2) is 36.1 Å². The van der Waals surface area contributed by atoms with Crippen LogP contribution in [0, 0.1) is 0 Å². The molecule has 128 valence electrons.